The van der Waals surface area contributed by atoms with Crippen LogP contribution in [0.2, 0.25) is 0 Å². The van der Waals surface area contributed by atoms with Crippen LogP contribution in [0.25, 0.3) is 16.9 Å². The Morgan fingerprint density at radius 3 is 2.42 bits per heavy atom. The minimum Gasteiger partial charge on any atom is -0.366 e. The van der Waals surface area contributed by atoms with Gasteiger partial charge in [-0.3, -0.25) is 4.79 Å². The molecule has 6 nitrogen and oxygen atoms in total. The van der Waals surface area contributed by atoms with Crippen molar-refractivity contribution in [2.75, 3.05) is 5.32 Å². The van der Waals surface area contributed by atoms with Crippen molar-refractivity contribution >= 4 is 23.2 Å². The van der Waals surface area contributed by atoms with Crippen molar-refractivity contribution in [1.29, 1.82) is 0 Å². The minimum absolute atomic E-state index is 0.454. The van der Waals surface area contributed by atoms with Crippen LogP contribution in [0.15, 0.2) is 66.7 Å². The summed E-state index contributed by atoms with van der Waals surface area (Å²) in [5.41, 5.74) is 10.5. The molecule has 4 rings (SSSR count). The molecule has 2 aromatic carbocycles. The number of benzene rings is 2. The predicted molar refractivity (Wildman–Crippen MR) is 101 cm³/mol. The number of aryl methyl sites for hydroxylation is 1. The summed E-state index contributed by atoms with van der Waals surface area (Å²) in [5, 5.41) is 7.72. The molecule has 2 aromatic heterocycles. The zero-order valence-electron chi connectivity index (χ0n) is 14.2. The molecule has 0 unspecified atom stereocenters. The molecule has 0 bridgehead atoms. The summed E-state index contributed by atoms with van der Waals surface area (Å²) in [5.74, 6) is 0.0292. The number of aromatic nitrogens is 3. The van der Waals surface area contributed by atoms with E-state index >= 15 is 0 Å². The van der Waals surface area contributed by atoms with E-state index in [-0.39, 0.29) is 0 Å². The predicted octanol–water partition coefficient (Wildman–Crippen LogP) is 3.55. The van der Waals surface area contributed by atoms with Crippen molar-refractivity contribution in [2.45, 2.75) is 6.92 Å². The van der Waals surface area contributed by atoms with Crippen LogP contribution >= 0.6 is 0 Å². The number of nitrogens with one attached hydrogen (secondary N) is 1. The zero-order valence-corrected chi connectivity index (χ0v) is 14.2. The lowest BCUT2D eigenvalue weighted by molar-refractivity contribution is 0.100. The van der Waals surface area contributed by atoms with Gasteiger partial charge in [-0.2, -0.15) is 4.98 Å². The second kappa shape index (κ2) is 6.33. The molecule has 0 spiro atoms. The number of anilines is 2. The molecule has 0 aliphatic rings. The third kappa shape index (κ3) is 3.00. The first kappa shape index (κ1) is 15.8. The average Bonchev–Trinajstić information content (AvgIpc) is 3.05. The lowest BCUT2D eigenvalue weighted by atomic mass is 10.1. The minimum atomic E-state index is -0.454. The normalized spacial score (nSPS) is 10.8. The Kier molecular flexibility index (Phi) is 3.85. The van der Waals surface area contributed by atoms with Crippen molar-refractivity contribution in [3.8, 4) is 11.3 Å². The fraction of sp³-hybridized carbons (Fsp3) is 0.0500. The molecule has 26 heavy (non-hydrogen) atoms. The van der Waals surface area contributed by atoms with Crippen molar-refractivity contribution in [1.82, 2.24) is 14.6 Å². The van der Waals surface area contributed by atoms with Gasteiger partial charge < -0.3 is 11.1 Å². The van der Waals surface area contributed by atoms with Gasteiger partial charge in [-0.25, -0.2) is 4.52 Å². The monoisotopic (exact) mass is 343 g/mol. The van der Waals surface area contributed by atoms with Gasteiger partial charge in [0.2, 0.25) is 11.9 Å². The van der Waals surface area contributed by atoms with E-state index in [2.05, 4.69) is 46.6 Å². The maximum atomic E-state index is 11.2. The summed E-state index contributed by atoms with van der Waals surface area (Å²) in [6.07, 6.45) is 0. The lowest BCUT2D eigenvalue weighted by Crippen LogP contribution is -2.10. The molecule has 128 valence electrons. The summed E-state index contributed by atoms with van der Waals surface area (Å²) in [6.45, 7) is 2.06. The van der Waals surface area contributed by atoms with Crippen LogP contribution < -0.4 is 11.1 Å². The van der Waals surface area contributed by atoms with E-state index < -0.39 is 5.91 Å². The molecule has 0 atom stereocenters. The SMILES string of the molecule is Cc1ccc(-c2cccc3nc(Nc4ccc(C(N)=O)cc4)nn23)cc1. The second-order valence-electron chi connectivity index (χ2n) is 6.05. The van der Waals surface area contributed by atoms with E-state index in [4.69, 9.17) is 5.73 Å². The Balaban J connectivity index is 1.68. The molecular weight excluding hydrogens is 326 g/mol. The van der Waals surface area contributed by atoms with Gasteiger partial charge in [0.1, 0.15) is 0 Å². The van der Waals surface area contributed by atoms with E-state index in [1.54, 1.807) is 24.3 Å². The summed E-state index contributed by atoms with van der Waals surface area (Å²) in [4.78, 5) is 15.7. The topological polar surface area (TPSA) is 85.3 Å². The van der Waals surface area contributed by atoms with Crippen LogP contribution in [0.4, 0.5) is 11.6 Å². The number of fused-ring (bicyclic) bond motifs is 1. The number of amides is 1. The van der Waals surface area contributed by atoms with E-state index in [9.17, 15) is 4.79 Å². The Morgan fingerprint density at radius 1 is 1.00 bits per heavy atom. The maximum absolute atomic E-state index is 11.2. The number of nitrogens with zero attached hydrogens (tertiary/aromatic N) is 3. The number of carbonyl (C=O) groups excluding carboxylic acids is 1. The summed E-state index contributed by atoms with van der Waals surface area (Å²) in [6, 6.07) is 21.0. The fourth-order valence-corrected chi connectivity index (χ4v) is 2.75. The van der Waals surface area contributed by atoms with Crippen molar-refractivity contribution in [2.24, 2.45) is 5.73 Å². The molecule has 2 heterocycles. The van der Waals surface area contributed by atoms with Crippen LogP contribution in [0, 0.1) is 6.92 Å². The lowest BCUT2D eigenvalue weighted by Gasteiger charge is -2.04. The van der Waals surface area contributed by atoms with Crippen molar-refractivity contribution < 1.29 is 4.79 Å². The van der Waals surface area contributed by atoms with Gasteiger partial charge in [0.05, 0.1) is 5.69 Å². The first-order valence-corrected chi connectivity index (χ1v) is 8.20. The number of carbonyl (C=O) groups is 1. The first-order valence-electron chi connectivity index (χ1n) is 8.20. The van der Waals surface area contributed by atoms with Crippen LogP contribution in [0.1, 0.15) is 15.9 Å². The van der Waals surface area contributed by atoms with Gasteiger partial charge in [-0.15, -0.1) is 5.10 Å². The number of primary amides is 1. The third-order valence-corrected chi connectivity index (χ3v) is 4.13. The molecule has 4 aromatic rings. The summed E-state index contributed by atoms with van der Waals surface area (Å²) < 4.78 is 1.81. The van der Waals surface area contributed by atoms with E-state index in [1.165, 1.54) is 5.56 Å². The van der Waals surface area contributed by atoms with Gasteiger partial charge in [0.15, 0.2) is 5.65 Å². The maximum Gasteiger partial charge on any atom is 0.248 e. The van der Waals surface area contributed by atoms with Gasteiger partial charge in [-0.1, -0.05) is 35.9 Å². The smallest absolute Gasteiger partial charge is 0.248 e. The number of hydrogen-bond acceptors (Lipinski definition) is 4. The molecule has 0 saturated heterocycles. The number of nitrogens with two attached hydrogens (primary N) is 1. The zero-order chi connectivity index (χ0) is 18.1. The highest BCUT2D eigenvalue weighted by Gasteiger charge is 2.09. The largest absolute Gasteiger partial charge is 0.366 e. The number of hydrogen-bond donors (Lipinski definition) is 2. The Morgan fingerprint density at radius 2 is 1.73 bits per heavy atom. The Bertz CT molecular complexity index is 1080. The summed E-state index contributed by atoms with van der Waals surface area (Å²) in [7, 11) is 0. The number of rotatable bonds is 4. The summed E-state index contributed by atoms with van der Waals surface area (Å²) >= 11 is 0. The quantitative estimate of drug-likeness (QED) is 0.593. The molecule has 3 N–H and O–H groups in total. The van der Waals surface area contributed by atoms with Crippen LogP contribution in [0.5, 0.6) is 0 Å². The van der Waals surface area contributed by atoms with Crippen LogP contribution in [-0.4, -0.2) is 20.5 Å². The van der Waals surface area contributed by atoms with E-state index in [1.807, 2.05) is 22.7 Å². The highest BCUT2D eigenvalue weighted by Crippen LogP contribution is 2.22. The third-order valence-electron chi connectivity index (χ3n) is 4.13. The molecule has 0 fully saturated rings. The molecular formula is C20H17N5O. The molecule has 0 aliphatic heterocycles. The second-order valence-corrected chi connectivity index (χ2v) is 6.05. The standard InChI is InChI=1S/C20H17N5O/c1-13-5-7-14(8-6-13)17-3-2-4-18-23-20(24-25(17)18)22-16-11-9-15(10-12-16)19(21)26/h2-12H,1H3,(H2,21,26)(H,22,24). The molecule has 0 aliphatic carbocycles. The molecule has 6 heteroatoms. The first-order chi connectivity index (χ1) is 12.6. The average molecular weight is 343 g/mol. The van der Waals surface area contributed by atoms with Crippen molar-refractivity contribution in [3.63, 3.8) is 0 Å². The molecule has 0 saturated carbocycles. The Labute approximate surface area is 150 Å². The molecule has 1 amide bonds. The Hall–Kier alpha value is -3.67. The van der Waals surface area contributed by atoms with E-state index in [0.717, 1.165) is 22.6 Å². The van der Waals surface area contributed by atoms with Crippen LogP contribution in [-0.2, 0) is 0 Å². The fourth-order valence-electron chi connectivity index (χ4n) is 2.75. The van der Waals surface area contributed by atoms with E-state index in [0.29, 0.717) is 11.5 Å². The highest BCUT2D eigenvalue weighted by atomic mass is 16.1. The van der Waals surface area contributed by atoms with Gasteiger partial charge in [0.25, 0.3) is 0 Å². The van der Waals surface area contributed by atoms with Crippen molar-refractivity contribution in [3.05, 3.63) is 77.9 Å². The number of pyridine rings is 1. The van der Waals surface area contributed by atoms with Crippen LogP contribution in [0.3, 0.4) is 0 Å². The van der Waals surface area contributed by atoms with Gasteiger partial charge in [-0.05, 0) is 43.3 Å². The van der Waals surface area contributed by atoms with Gasteiger partial charge in [0, 0.05) is 16.8 Å². The molecule has 0 radical (unpaired) electrons. The van der Waals surface area contributed by atoms with Gasteiger partial charge >= 0.3 is 0 Å². The highest BCUT2D eigenvalue weighted by molar-refractivity contribution is 5.93.